The van der Waals surface area contributed by atoms with Gasteiger partial charge in [-0.1, -0.05) is 0 Å². The Hall–Kier alpha value is -2.29. The fourth-order valence-corrected chi connectivity index (χ4v) is 2.78. The molecule has 0 bridgehead atoms. The van der Waals surface area contributed by atoms with Gasteiger partial charge in [0.2, 0.25) is 0 Å². The summed E-state index contributed by atoms with van der Waals surface area (Å²) in [6, 6.07) is 10.1. The highest BCUT2D eigenvalue weighted by molar-refractivity contribution is 7.85. The number of ketones is 1. The Kier molecular flexibility index (Phi) is 6.84. The molecule has 8 heteroatoms. The number of carbonyl (C=O) groups excluding carboxylic acids is 1. The van der Waals surface area contributed by atoms with Gasteiger partial charge < -0.3 is 14.4 Å². The molecule has 0 aliphatic heterocycles. The zero-order valence-electron chi connectivity index (χ0n) is 14.4. The van der Waals surface area contributed by atoms with Gasteiger partial charge in [-0.25, -0.2) is 13.0 Å². The second-order valence-electron chi connectivity index (χ2n) is 5.96. The normalized spacial score (nSPS) is 12.6. The Labute approximate surface area is 152 Å². The van der Waals surface area contributed by atoms with Crippen molar-refractivity contribution in [2.75, 3.05) is 12.4 Å². The Morgan fingerprint density at radius 1 is 1.19 bits per heavy atom. The maximum atomic E-state index is 11.2. The molecule has 0 aliphatic rings. The molecular weight excluding hydrogens is 358 g/mol. The van der Waals surface area contributed by atoms with Crippen LogP contribution in [-0.2, 0) is 23.1 Å². The first kappa shape index (κ1) is 20.0. The van der Waals surface area contributed by atoms with Gasteiger partial charge in [0.25, 0.3) is 0 Å². The molecule has 1 atom stereocenters. The minimum Gasteiger partial charge on any atom is -0.748 e. The summed E-state index contributed by atoms with van der Waals surface area (Å²) in [5.41, 5.74) is 1.33. The number of aromatic nitrogens is 1. The molecule has 1 heterocycles. The van der Waals surface area contributed by atoms with Crippen LogP contribution < -0.4 is 9.30 Å². The minimum atomic E-state index is -4.22. The van der Waals surface area contributed by atoms with Crippen molar-refractivity contribution in [3.63, 3.8) is 0 Å². The zero-order chi connectivity index (χ0) is 19.2. The number of pyridine rings is 1. The third-order valence-corrected chi connectivity index (χ3v) is 4.43. The quantitative estimate of drug-likeness (QED) is 0.390. The molecular formula is C18H21NO6S. The number of Topliss-reactive ketones (excluding diaryl/α,β-unsaturated/α-hetero) is 1. The Balaban J connectivity index is 1.81. The molecule has 0 spiro atoms. The first-order valence-corrected chi connectivity index (χ1v) is 9.64. The third kappa shape index (κ3) is 6.91. The number of aliphatic hydroxyl groups is 1. The molecule has 1 N–H and O–H groups in total. The summed E-state index contributed by atoms with van der Waals surface area (Å²) in [7, 11) is -4.22. The van der Waals surface area contributed by atoms with Crippen LogP contribution in [-0.4, -0.2) is 42.3 Å². The van der Waals surface area contributed by atoms with Gasteiger partial charge >= 0.3 is 0 Å². The number of benzene rings is 1. The van der Waals surface area contributed by atoms with Crippen LogP contribution in [0.15, 0.2) is 48.8 Å². The molecule has 2 rings (SSSR count). The molecule has 140 valence electrons. The maximum absolute atomic E-state index is 11.2. The smallest absolute Gasteiger partial charge is 0.177 e. The van der Waals surface area contributed by atoms with Crippen LogP contribution in [0, 0.1) is 0 Å². The van der Waals surface area contributed by atoms with Gasteiger partial charge in [-0.15, -0.1) is 0 Å². The van der Waals surface area contributed by atoms with Crippen LogP contribution in [0.5, 0.6) is 5.75 Å². The molecule has 1 aromatic carbocycles. The van der Waals surface area contributed by atoms with Crippen molar-refractivity contribution in [3.05, 3.63) is 59.9 Å². The highest BCUT2D eigenvalue weighted by atomic mass is 32.2. The maximum Gasteiger partial charge on any atom is 0.177 e. The van der Waals surface area contributed by atoms with Gasteiger partial charge in [-0.3, -0.25) is 4.79 Å². The highest BCUT2D eigenvalue weighted by Gasteiger charge is 2.12. The van der Waals surface area contributed by atoms with E-state index in [1.807, 2.05) is 0 Å². The van der Waals surface area contributed by atoms with Gasteiger partial charge in [0.05, 0.1) is 10.1 Å². The lowest BCUT2D eigenvalue weighted by molar-refractivity contribution is -0.703. The van der Waals surface area contributed by atoms with E-state index in [0.717, 1.165) is 5.56 Å². The van der Waals surface area contributed by atoms with Gasteiger partial charge in [0, 0.05) is 23.4 Å². The van der Waals surface area contributed by atoms with E-state index in [1.165, 1.54) is 6.92 Å². The first-order chi connectivity index (χ1) is 12.2. The summed E-state index contributed by atoms with van der Waals surface area (Å²) in [6.07, 6.45) is 2.82. The lowest BCUT2D eigenvalue weighted by atomic mass is 10.1. The fraction of sp³-hybridized carbons (Fsp3) is 0.333. The van der Waals surface area contributed by atoms with E-state index in [-0.39, 0.29) is 18.8 Å². The SMILES string of the molecule is CC(=O)c1ccc(OCC(O)C[n+]2ccc(CCS(=O)(=O)[O-])cc2)cc1. The van der Waals surface area contributed by atoms with Crippen LogP contribution in [0.2, 0.25) is 0 Å². The number of nitrogens with zero attached hydrogens (tertiary/aromatic N) is 1. The molecule has 2 aromatic rings. The number of carbonyl (C=O) groups is 1. The molecule has 26 heavy (non-hydrogen) atoms. The topological polar surface area (TPSA) is 108 Å². The van der Waals surface area contributed by atoms with Crippen molar-refractivity contribution in [1.29, 1.82) is 0 Å². The predicted molar refractivity (Wildman–Crippen MR) is 92.9 cm³/mol. The summed E-state index contributed by atoms with van der Waals surface area (Å²) in [4.78, 5) is 11.2. The predicted octanol–water partition coefficient (Wildman–Crippen LogP) is 0.704. The van der Waals surface area contributed by atoms with Crippen LogP contribution in [0.3, 0.4) is 0 Å². The number of hydrogen-bond acceptors (Lipinski definition) is 6. The molecule has 1 unspecified atom stereocenters. The lowest BCUT2D eigenvalue weighted by Gasteiger charge is -2.10. The average Bonchev–Trinajstić information content (AvgIpc) is 2.59. The number of aryl methyl sites for hydroxylation is 1. The number of aliphatic hydroxyl groups excluding tert-OH is 1. The monoisotopic (exact) mass is 379 g/mol. The Bertz CT molecular complexity index is 831. The molecule has 0 radical (unpaired) electrons. The van der Waals surface area contributed by atoms with E-state index >= 15 is 0 Å². The largest absolute Gasteiger partial charge is 0.748 e. The first-order valence-electron chi connectivity index (χ1n) is 8.06. The molecule has 0 saturated heterocycles. The summed E-state index contributed by atoms with van der Waals surface area (Å²) < 4.78 is 39.1. The van der Waals surface area contributed by atoms with E-state index < -0.39 is 22.0 Å². The van der Waals surface area contributed by atoms with E-state index in [1.54, 1.807) is 53.4 Å². The van der Waals surface area contributed by atoms with Gasteiger partial charge in [0.1, 0.15) is 18.5 Å². The van der Waals surface area contributed by atoms with E-state index in [0.29, 0.717) is 17.9 Å². The Morgan fingerprint density at radius 2 is 1.81 bits per heavy atom. The molecule has 0 fully saturated rings. The van der Waals surface area contributed by atoms with Crippen LogP contribution in [0.4, 0.5) is 0 Å². The van der Waals surface area contributed by atoms with E-state index in [9.17, 15) is 22.9 Å². The average molecular weight is 379 g/mol. The third-order valence-electron chi connectivity index (χ3n) is 3.73. The molecule has 7 nitrogen and oxygen atoms in total. The van der Waals surface area contributed by atoms with E-state index in [2.05, 4.69) is 0 Å². The van der Waals surface area contributed by atoms with Crippen molar-refractivity contribution < 1.29 is 32.2 Å². The van der Waals surface area contributed by atoms with Gasteiger partial charge in [0.15, 0.2) is 24.7 Å². The fourth-order valence-electron chi connectivity index (χ4n) is 2.29. The van der Waals surface area contributed by atoms with Crippen molar-refractivity contribution >= 4 is 15.9 Å². The van der Waals surface area contributed by atoms with Crippen LogP contribution >= 0.6 is 0 Å². The van der Waals surface area contributed by atoms with E-state index in [4.69, 9.17) is 4.74 Å². The summed E-state index contributed by atoms with van der Waals surface area (Å²) in [6.45, 7) is 1.87. The molecule has 1 aromatic heterocycles. The molecule has 0 saturated carbocycles. The van der Waals surface area contributed by atoms with Gasteiger partial charge in [-0.05, 0) is 43.2 Å². The van der Waals surface area contributed by atoms with Gasteiger partial charge in [-0.2, -0.15) is 0 Å². The molecule has 0 amide bonds. The van der Waals surface area contributed by atoms with Crippen molar-refractivity contribution in [2.45, 2.75) is 26.0 Å². The highest BCUT2D eigenvalue weighted by Crippen LogP contribution is 2.12. The second kappa shape index (κ2) is 8.88. The summed E-state index contributed by atoms with van der Waals surface area (Å²) in [5.74, 6) is 0.105. The van der Waals surface area contributed by atoms with Crippen LogP contribution in [0.25, 0.3) is 0 Å². The number of rotatable bonds is 9. The standard InChI is InChI=1S/C18H21NO6S/c1-14(20)16-2-4-18(5-3-16)25-13-17(21)12-19-9-6-15(7-10-19)8-11-26(22,23)24/h2-7,9-10,17,21H,8,11-13H2,1H3. The number of hydrogen-bond donors (Lipinski definition) is 1. The molecule has 0 aliphatic carbocycles. The van der Waals surface area contributed by atoms with Crippen molar-refractivity contribution in [3.8, 4) is 5.75 Å². The van der Waals surface area contributed by atoms with Crippen molar-refractivity contribution in [2.24, 2.45) is 0 Å². The Morgan fingerprint density at radius 3 is 2.35 bits per heavy atom. The summed E-state index contributed by atoms with van der Waals surface area (Å²) in [5, 5.41) is 10.1. The number of ether oxygens (including phenoxy) is 1. The second-order valence-corrected chi connectivity index (χ2v) is 7.48. The van der Waals surface area contributed by atoms with Crippen LogP contribution in [0.1, 0.15) is 22.8 Å². The lowest BCUT2D eigenvalue weighted by Crippen LogP contribution is -2.41. The minimum absolute atomic E-state index is 0.0238. The summed E-state index contributed by atoms with van der Waals surface area (Å²) >= 11 is 0. The van der Waals surface area contributed by atoms with Crippen molar-refractivity contribution in [1.82, 2.24) is 0 Å². The zero-order valence-corrected chi connectivity index (χ0v) is 15.2.